The molecule has 0 saturated carbocycles. The Bertz CT molecular complexity index is 627. The zero-order valence-electron chi connectivity index (χ0n) is 13.5. The van der Waals surface area contributed by atoms with Crippen molar-refractivity contribution in [3.8, 4) is 17.0 Å². The van der Waals surface area contributed by atoms with E-state index in [-0.39, 0.29) is 18.1 Å². The van der Waals surface area contributed by atoms with Gasteiger partial charge in [0.25, 0.3) is 6.43 Å². The molecule has 0 aromatic carbocycles. The first-order valence-corrected chi connectivity index (χ1v) is 7.48. The van der Waals surface area contributed by atoms with Crippen LogP contribution in [0.3, 0.4) is 0 Å². The minimum absolute atomic E-state index is 0.0627. The molecule has 2 heterocycles. The van der Waals surface area contributed by atoms with Crippen molar-refractivity contribution in [1.29, 1.82) is 0 Å². The van der Waals surface area contributed by atoms with Crippen LogP contribution in [0.2, 0.25) is 0 Å². The summed E-state index contributed by atoms with van der Waals surface area (Å²) in [4.78, 5) is 4.00. The van der Waals surface area contributed by atoms with Gasteiger partial charge in [-0.05, 0) is 31.4 Å². The molecule has 2 rings (SSSR count). The van der Waals surface area contributed by atoms with Crippen LogP contribution in [-0.2, 0) is 0 Å². The van der Waals surface area contributed by atoms with Crippen molar-refractivity contribution in [2.75, 3.05) is 6.61 Å². The van der Waals surface area contributed by atoms with Crippen molar-refractivity contribution in [2.24, 2.45) is 11.7 Å². The predicted octanol–water partition coefficient (Wildman–Crippen LogP) is 3.55. The highest BCUT2D eigenvalue weighted by molar-refractivity contribution is 5.58. The molecule has 126 valence electrons. The van der Waals surface area contributed by atoms with Gasteiger partial charge >= 0.3 is 0 Å². The molecule has 5 nitrogen and oxygen atoms in total. The van der Waals surface area contributed by atoms with Crippen molar-refractivity contribution in [3.05, 3.63) is 30.2 Å². The van der Waals surface area contributed by atoms with Gasteiger partial charge in [-0.25, -0.2) is 13.8 Å². The summed E-state index contributed by atoms with van der Waals surface area (Å²) in [6.45, 7) is 6.11. The van der Waals surface area contributed by atoms with Crippen LogP contribution in [0.4, 0.5) is 8.78 Å². The van der Waals surface area contributed by atoms with E-state index in [0.29, 0.717) is 17.2 Å². The Morgan fingerprint density at radius 2 is 2.09 bits per heavy atom. The molecule has 23 heavy (non-hydrogen) atoms. The number of pyridine rings is 1. The van der Waals surface area contributed by atoms with Gasteiger partial charge in [0, 0.05) is 17.3 Å². The molecule has 0 unspecified atom stereocenters. The number of H-pyrrole nitrogens is 1. The summed E-state index contributed by atoms with van der Waals surface area (Å²) < 4.78 is 32.1. The molecule has 1 atom stereocenters. The highest BCUT2D eigenvalue weighted by Gasteiger charge is 2.24. The monoisotopic (exact) mass is 324 g/mol. The summed E-state index contributed by atoms with van der Waals surface area (Å²) in [7, 11) is 0. The Hall–Kier alpha value is -2.02. The number of hydrogen-bond donors (Lipinski definition) is 2. The normalized spacial score (nSPS) is 14.3. The number of alkyl halides is 2. The lowest BCUT2D eigenvalue weighted by molar-refractivity contribution is 0.134. The number of aromatic nitrogens is 3. The van der Waals surface area contributed by atoms with Crippen LogP contribution in [0.1, 0.15) is 39.3 Å². The first-order chi connectivity index (χ1) is 10.8. The number of rotatable bonds is 7. The average Bonchev–Trinajstić information content (AvgIpc) is 2.97. The molecule has 0 bridgehead atoms. The minimum Gasteiger partial charge on any atom is -0.490 e. The predicted molar refractivity (Wildman–Crippen MR) is 84.3 cm³/mol. The van der Waals surface area contributed by atoms with Crippen LogP contribution in [0.15, 0.2) is 24.5 Å². The van der Waals surface area contributed by atoms with Gasteiger partial charge in [-0.1, -0.05) is 13.8 Å². The molecule has 0 radical (unpaired) electrons. The van der Waals surface area contributed by atoms with Crippen molar-refractivity contribution >= 4 is 0 Å². The lowest BCUT2D eigenvalue weighted by Gasteiger charge is -2.27. The average molecular weight is 324 g/mol. The summed E-state index contributed by atoms with van der Waals surface area (Å²) in [6, 6.07) is 3.13. The van der Waals surface area contributed by atoms with E-state index in [9.17, 15) is 8.78 Å². The summed E-state index contributed by atoms with van der Waals surface area (Å²) in [5, 5.41) is 6.42. The van der Waals surface area contributed by atoms with Crippen LogP contribution in [-0.4, -0.2) is 27.3 Å². The Balaban J connectivity index is 2.18. The van der Waals surface area contributed by atoms with Crippen LogP contribution >= 0.6 is 0 Å². The number of halogens is 2. The van der Waals surface area contributed by atoms with Crippen molar-refractivity contribution < 1.29 is 13.5 Å². The van der Waals surface area contributed by atoms with Gasteiger partial charge in [-0.3, -0.25) is 5.10 Å². The fourth-order valence-corrected chi connectivity index (χ4v) is 2.53. The second kappa shape index (κ2) is 7.04. The molecule has 2 aromatic heterocycles. The van der Waals surface area contributed by atoms with E-state index in [0.717, 1.165) is 6.42 Å². The molecule has 0 fully saturated rings. The number of ether oxygens (including phenoxy) is 1. The van der Waals surface area contributed by atoms with Crippen LogP contribution in [0.5, 0.6) is 5.75 Å². The van der Waals surface area contributed by atoms with Gasteiger partial charge in [-0.15, -0.1) is 0 Å². The molecule has 0 amide bonds. The largest absolute Gasteiger partial charge is 0.490 e. The third kappa shape index (κ3) is 4.72. The van der Waals surface area contributed by atoms with Crippen LogP contribution in [0.25, 0.3) is 11.3 Å². The molecule has 0 aliphatic rings. The number of aromatic amines is 1. The molecule has 7 heteroatoms. The summed E-state index contributed by atoms with van der Waals surface area (Å²) >= 11 is 0. The maximum absolute atomic E-state index is 13.3. The lowest BCUT2D eigenvalue weighted by atomic mass is 9.93. The topological polar surface area (TPSA) is 76.8 Å². The highest BCUT2D eigenvalue weighted by Crippen LogP contribution is 2.30. The Labute approximate surface area is 134 Å². The SMILES string of the molecule is CC(C)C[C@](C)(N)COc1ccc(-c2cn[nH]c2)nc1C(F)F. The maximum atomic E-state index is 13.3. The van der Waals surface area contributed by atoms with E-state index in [2.05, 4.69) is 29.0 Å². The van der Waals surface area contributed by atoms with E-state index in [1.807, 2.05) is 6.92 Å². The zero-order chi connectivity index (χ0) is 17.0. The van der Waals surface area contributed by atoms with Gasteiger partial charge in [0.15, 0.2) is 0 Å². The van der Waals surface area contributed by atoms with Gasteiger partial charge < -0.3 is 10.5 Å². The van der Waals surface area contributed by atoms with Gasteiger partial charge in [0.05, 0.1) is 11.9 Å². The van der Waals surface area contributed by atoms with E-state index in [4.69, 9.17) is 10.5 Å². The van der Waals surface area contributed by atoms with Crippen LogP contribution < -0.4 is 10.5 Å². The van der Waals surface area contributed by atoms with E-state index in [1.54, 1.807) is 12.3 Å². The smallest absolute Gasteiger partial charge is 0.284 e. The van der Waals surface area contributed by atoms with E-state index in [1.165, 1.54) is 12.3 Å². The Morgan fingerprint density at radius 3 is 2.65 bits per heavy atom. The standard InChI is InChI=1S/C16H22F2N4O/c1-10(2)6-16(3,19)9-23-13-5-4-12(11-7-20-21-8-11)22-14(13)15(17)18/h4-5,7-8,10,15H,6,9,19H2,1-3H3,(H,20,21)/t16-/m0/s1. The number of nitrogens with one attached hydrogen (secondary N) is 1. The second-order valence-corrected chi connectivity index (χ2v) is 6.41. The molecule has 0 aliphatic carbocycles. The van der Waals surface area contributed by atoms with Crippen molar-refractivity contribution in [2.45, 2.75) is 39.2 Å². The van der Waals surface area contributed by atoms with Gasteiger partial charge in [0.1, 0.15) is 18.1 Å². The molecule has 0 saturated heterocycles. The Morgan fingerprint density at radius 1 is 1.35 bits per heavy atom. The quantitative estimate of drug-likeness (QED) is 0.816. The summed E-state index contributed by atoms with van der Waals surface area (Å²) in [5.74, 6) is 0.456. The minimum atomic E-state index is -2.73. The molecular weight excluding hydrogens is 302 g/mol. The molecule has 0 aliphatic heterocycles. The van der Waals surface area contributed by atoms with Crippen molar-refractivity contribution in [1.82, 2.24) is 15.2 Å². The molecular formula is C16H22F2N4O. The highest BCUT2D eigenvalue weighted by atomic mass is 19.3. The third-order valence-electron chi connectivity index (χ3n) is 3.32. The number of nitrogens with zero attached hydrogens (tertiary/aromatic N) is 2. The fraction of sp³-hybridized carbons (Fsp3) is 0.500. The number of nitrogens with two attached hydrogens (primary N) is 1. The lowest BCUT2D eigenvalue weighted by Crippen LogP contribution is -2.43. The van der Waals surface area contributed by atoms with Crippen LogP contribution in [0, 0.1) is 5.92 Å². The molecule has 3 N–H and O–H groups in total. The number of hydrogen-bond acceptors (Lipinski definition) is 4. The Kier molecular flexibility index (Phi) is 5.30. The third-order valence-corrected chi connectivity index (χ3v) is 3.32. The molecule has 2 aromatic rings. The second-order valence-electron chi connectivity index (χ2n) is 6.41. The van der Waals surface area contributed by atoms with E-state index >= 15 is 0 Å². The fourth-order valence-electron chi connectivity index (χ4n) is 2.53. The summed E-state index contributed by atoms with van der Waals surface area (Å²) in [5.41, 5.74) is 6.24. The first-order valence-electron chi connectivity index (χ1n) is 7.48. The van der Waals surface area contributed by atoms with Crippen molar-refractivity contribution in [3.63, 3.8) is 0 Å². The van der Waals surface area contributed by atoms with Gasteiger partial charge in [-0.2, -0.15) is 5.10 Å². The molecule has 0 spiro atoms. The zero-order valence-corrected chi connectivity index (χ0v) is 13.5. The maximum Gasteiger partial charge on any atom is 0.284 e. The summed E-state index contributed by atoms with van der Waals surface area (Å²) in [6.07, 6.45) is 1.12. The van der Waals surface area contributed by atoms with Gasteiger partial charge in [0.2, 0.25) is 0 Å². The first kappa shape index (κ1) is 17.3. The van der Waals surface area contributed by atoms with E-state index < -0.39 is 12.0 Å².